The fourth-order valence-electron chi connectivity index (χ4n) is 1.15. The number of nitrogens with one attached hydrogen (secondary N) is 1. The van der Waals surface area contributed by atoms with E-state index in [-0.39, 0.29) is 0 Å². The van der Waals surface area contributed by atoms with Crippen LogP contribution in [-0.4, -0.2) is 31.6 Å². The molecule has 1 saturated heterocycles. The van der Waals surface area contributed by atoms with Gasteiger partial charge in [0.05, 0.1) is 6.10 Å². The summed E-state index contributed by atoms with van der Waals surface area (Å²) in [6.45, 7) is 1.98. The van der Waals surface area contributed by atoms with Crippen molar-refractivity contribution in [2.75, 3.05) is 20.2 Å². The Hall–Kier alpha value is 0.230. The van der Waals surface area contributed by atoms with E-state index in [1.54, 1.807) is 7.11 Å². The molecular formula is C6H14N2OS. The van der Waals surface area contributed by atoms with E-state index in [9.17, 15) is 0 Å². The summed E-state index contributed by atoms with van der Waals surface area (Å²) < 4.78 is 5.19. The van der Waals surface area contributed by atoms with Gasteiger partial charge < -0.3 is 10.1 Å². The number of hydrogen-bond donors (Lipinski definition) is 2. The smallest absolute Gasteiger partial charge is 0.0707 e. The number of rotatable bonds is 2. The molecule has 1 aliphatic rings. The lowest BCUT2D eigenvalue weighted by Gasteiger charge is -2.27. The Balaban J connectivity index is 2.25. The molecule has 3 N–H and O–H groups in total. The lowest BCUT2D eigenvalue weighted by Crippen LogP contribution is -2.42. The third kappa shape index (κ3) is 2.12. The monoisotopic (exact) mass is 162 g/mol. The zero-order valence-electron chi connectivity index (χ0n) is 6.17. The molecule has 0 aliphatic carbocycles. The third-order valence-corrected chi connectivity index (χ3v) is 2.54. The maximum atomic E-state index is 5.44. The van der Waals surface area contributed by atoms with E-state index in [0.29, 0.717) is 11.4 Å². The molecule has 0 aromatic carbocycles. The summed E-state index contributed by atoms with van der Waals surface area (Å²) in [4.78, 5) is 0. The summed E-state index contributed by atoms with van der Waals surface area (Å²) in [5.41, 5.74) is 0. The van der Waals surface area contributed by atoms with Crippen LogP contribution in [0.5, 0.6) is 0 Å². The minimum atomic E-state index is 0.356. The molecule has 0 radical (unpaired) electrons. The van der Waals surface area contributed by atoms with Gasteiger partial charge in [-0.05, 0) is 6.42 Å². The van der Waals surface area contributed by atoms with Gasteiger partial charge in [-0.25, -0.2) is 0 Å². The third-order valence-electron chi connectivity index (χ3n) is 1.80. The molecule has 0 aromatic heterocycles. The summed E-state index contributed by atoms with van der Waals surface area (Å²) in [6.07, 6.45) is 1.43. The van der Waals surface area contributed by atoms with Gasteiger partial charge in [0.15, 0.2) is 0 Å². The lowest BCUT2D eigenvalue weighted by molar-refractivity contribution is 0.0829. The minimum absolute atomic E-state index is 0.356. The predicted octanol–water partition coefficient (Wildman–Crippen LogP) is -0.0298. The number of piperidine rings is 1. The topological polar surface area (TPSA) is 47.3 Å². The molecule has 60 valence electrons. The molecule has 0 aromatic rings. The highest BCUT2D eigenvalue weighted by atomic mass is 32.2. The molecule has 1 fully saturated rings. The van der Waals surface area contributed by atoms with Crippen LogP contribution in [0.15, 0.2) is 0 Å². The van der Waals surface area contributed by atoms with Crippen molar-refractivity contribution in [3.05, 3.63) is 0 Å². The first-order valence-electron chi connectivity index (χ1n) is 3.46. The Labute approximate surface area is 65.8 Å². The fourth-order valence-corrected chi connectivity index (χ4v) is 1.69. The average molecular weight is 162 g/mol. The fraction of sp³-hybridized carbons (Fsp3) is 1.00. The van der Waals surface area contributed by atoms with E-state index in [4.69, 9.17) is 9.88 Å². The number of ether oxygens (including phenoxy) is 1. The Morgan fingerprint density at radius 3 is 3.00 bits per heavy atom. The highest BCUT2D eigenvalue weighted by Crippen LogP contribution is 2.14. The standard InChI is InChI=1S/C6H14N2OS/c1-9-5-2-6(10-7)4-8-3-5/h5-6,8H,2-4,7H2,1H3. The van der Waals surface area contributed by atoms with E-state index in [0.717, 1.165) is 19.5 Å². The van der Waals surface area contributed by atoms with Crippen molar-refractivity contribution in [2.24, 2.45) is 5.14 Å². The summed E-state index contributed by atoms with van der Waals surface area (Å²) in [7, 11) is 1.75. The molecular weight excluding hydrogens is 148 g/mol. The van der Waals surface area contributed by atoms with E-state index in [1.807, 2.05) is 0 Å². The van der Waals surface area contributed by atoms with Crippen molar-refractivity contribution >= 4 is 11.9 Å². The van der Waals surface area contributed by atoms with Crippen LogP contribution in [0.3, 0.4) is 0 Å². The highest BCUT2D eigenvalue weighted by Gasteiger charge is 2.20. The van der Waals surface area contributed by atoms with Gasteiger partial charge in [-0.2, -0.15) is 0 Å². The zero-order valence-corrected chi connectivity index (χ0v) is 6.99. The normalized spacial score (nSPS) is 34.2. The maximum Gasteiger partial charge on any atom is 0.0707 e. The van der Waals surface area contributed by atoms with Gasteiger partial charge in [0, 0.05) is 25.4 Å². The average Bonchev–Trinajstić information content (AvgIpc) is 2.05. The van der Waals surface area contributed by atoms with Crippen LogP contribution in [0.2, 0.25) is 0 Å². The van der Waals surface area contributed by atoms with Crippen molar-refractivity contribution in [3.8, 4) is 0 Å². The molecule has 2 atom stereocenters. The van der Waals surface area contributed by atoms with Crippen molar-refractivity contribution < 1.29 is 4.74 Å². The molecule has 1 rings (SSSR count). The Morgan fingerprint density at radius 2 is 2.40 bits per heavy atom. The number of hydrogen-bond acceptors (Lipinski definition) is 4. The molecule has 4 heteroatoms. The summed E-state index contributed by atoms with van der Waals surface area (Å²) >= 11 is 1.42. The van der Waals surface area contributed by atoms with Crippen molar-refractivity contribution in [1.82, 2.24) is 5.32 Å². The van der Waals surface area contributed by atoms with Gasteiger partial charge in [-0.3, -0.25) is 5.14 Å². The van der Waals surface area contributed by atoms with E-state index >= 15 is 0 Å². The van der Waals surface area contributed by atoms with Crippen LogP contribution in [0, 0.1) is 0 Å². The Bertz CT molecular complexity index is 91.7. The summed E-state index contributed by atoms with van der Waals surface area (Å²) in [5, 5.41) is 9.23. The van der Waals surface area contributed by atoms with E-state index in [1.165, 1.54) is 11.9 Å². The van der Waals surface area contributed by atoms with Crippen LogP contribution in [0.25, 0.3) is 0 Å². The Kier molecular flexibility index (Phi) is 3.48. The largest absolute Gasteiger partial charge is 0.380 e. The molecule has 2 unspecified atom stereocenters. The summed E-state index contributed by atoms with van der Waals surface area (Å²) in [6, 6.07) is 0. The maximum absolute atomic E-state index is 5.44. The van der Waals surface area contributed by atoms with Crippen molar-refractivity contribution in [1.29, 1.82) is 0 Å². The quantitative estimate of drug-likeness (QED) is 0.560. The second kappa shape index (κ2) is 4.18. The summed E-state index contributed by atoms with van der Waals surface area (Å²) in [5.74, 6) is 0. The minimum Gasteiger partial charge on any atom is -0.380 e. The molecule has 0 amide bonds. The molecule has 0 spiro atoms. The van der Waals surface area contributed by atoms with Gasteiger partial charge in [-0.15, -0.1) is 0 Å². The zero-order chi connectivity index (χ0) is 7.40. The van der Waals surface area contributed by atoms with Crippen LogP contribution >= 0.6 is 11.9 Å². The van der Waals surface area contributed by atoms with E-state index in [2.05, 4.69) is 5.32 Å². The first kappa shape index (κ1) is 8.33. The lowest BCUT2D eigenvalue weighted by atomic mass is 10.1. The number of nitrogens with two attached hydrogens (primary N) is 1. The molecule has 3 nitrogen and oxygen atoms in total. The van der Waals surface area contributed by atoms with Crippen LogP contribution in [-0.2, 0) is 4.74 Å². The van der Waals surface area contributed by atoms with Crippen LogP contribution < -0.4 is 10.5 Å². The first-order chi connectivity index (χ1) is 4.86. The SMILES string of the molecule is COC1CNCC(SN)C1. The second-order valence-electron chi connectivity index (χ2n) is 2.51. The molecule has 1 aliphatic heterocycles. The van der Waals surface area contributed by atoms with Gasteiger partial charge >= 0.3 is 0 Å². The van der Waals surface area contributed by atoms with Crippen LogP contribution in [0.4, 0.5) is 0 Å². The number of methoxy groups -OCH3 is 1. The molecule has 0 saturated carbocycles. The van der Waals surface area contributed by atoms with Gasteiger partial charge in [0.2, 0.25) is 0 Å². The van der Waals surface area contributed by atoms with Gasteiger partial charge in [-0.1, -0.05) is 11.9 Å². The van der Waals surface area contributed by atoms with Gasteiger partial charge in [0.1, 0.15) is 0 Å². The molecule has 10 heavy (non-hydrogen) atoms. The van der Waals surface area contributed by atoms with Crippen molar-refractivity contribution in [3.63, 3.8) is 0 Å². The van der Waals surface area contributed by atoms with Gasteiger partial charge in [0.25, 0.3) is 0 Å². The molecule has 0 bridgehead atoms. The highest BCUT2D eigenvalue weighted by molar-refractivity contribution is 7.97. The first-order valence-corrected chi connectivity index (χ1v) is 4.40. The second-order valence-corrected chi connectivity index (χ2v) is 3.45. The Morgan fingerprint density at radius 1 is 1.60 bits per heavy atom. The molecule has 1 heterocycles. The van der Waals surface area contributed by atoms with Crippen molar-refractivity contribution in [2.45, 2.75) is 17.8 Å². The van der Waals surface area contributed by atoms with Crippen LogP contribution in [0.1, 0.15) is 6.42 Å². The van der Waals surface area contributed by atoms with E-state index < -0.39 is 0 Å². The predicted molar refractivity (Wildman–Crippen MR) is 43.9 cm³/mol.